The quantitative estimate of drug-likeness (QED) is 0.854. The predicted octanol–water partition coefficient (Wildman–Crippen LogP) is 4.21. The molecule has 0 fully saturated rings. The smallest absolute Gasteiger partial charge is 0.0642 e. The van der Waals surface area contributed by atoms with Gasteiger partial charge in [-0.1, -0.05) is 35.3 Å². The summed E-state index contributed by atoms with van der Waals surface area (Å²) in [7, 11) is 2.00. The molecule has 0 bridgehead atoms. The zero-order valence-corrected chi connectivity index (χ0v) is 11.5. The van der Waals surface area contributed by atoms with Crippen LogP contribution in [0, 0.1) is 0 Å². The molecule has 0 aromatic heterocycles. The van der Waals surface area contributed by atoms with E-state index in [1.165, 1.54) is 0 Å². The minimum Gasteiger partial charge on any atom is -0.399 e. The molecule has 0 atom stereocenters. The molecule has 0 radical (unpaired) electrons. The molecule has 2 nitrogen and oxygen atoms in total. The molecule has 0 aliphatic carbocycles. The van der Waals surface area contributed by atoms with E-state index in [1.807, 2.05) is 43.4 Å². The van der Waals surface area contributed by atoms with Crippen LogP contribution in [0.4, 0.5) is 11.4 Å². The molecule has 2 rings (SSSR count). The number of nitrogen functional groups attached to an aromatic ring is 1. The van der Waals surface area contributed by atoms with Crippen molar-refractivity contribution < 1.29 is 0 Å². The summed E-state index contributed by atoms with van der Waals surface area (Å²) in [5, 5.41) is 1.20. The van der Waals surface area contributed by atoms with E-state index in [-0.39, 0.29) is 0 Å². The van der Waals surface area contributed by atoms with Crippen molar-refractivity contribution in [2.45, 2.75) is 6.54 Å². The lowest BCUT2D eigenvalue weighted by Crippen LogP contribution is -2.16. The monoisotopic (exact) mass is 280 g/mol. The highest BCUT2D eigenvalue weighted by molar-refractivity contribution is 6.42. The molecular formula is C14H14Cl2N2. The van der Waals surface area contributed by atoms with E-state index in [9.17, 15) is 0 Å². The van der Waals surface area contributed by atoms with Crippen LogP contribution in [0.15, 0.2) is 42.5 Å². The Labute approximate surface area is 117 Å². The molecule has 0 amide bonds. The van der Waals surface area contributed by atoms with E-state index in [4.69, 9.17) is 28.9 Å². The second-order valence-corrected chi connectivity index (χ2v) is 4.95. The van der Waals surface area contributed by atoms with Crippen molar-refractivity contribution in [3.05, 3.63) is 58.1 Å². The number of benzene rings is 2. The molecule has 0 aliphatic heterocycles. The Morgan fingerprint density at radius 3 is 2.39 bits per heavy atom. The first-order valence-corrected chi connectivity index (χ1v) is 6.33. The molecule has 0 saturated heterocycles. The van der Waals surface area contributed by atoms with Gasteiger partial charge in [-0.25, -0.2) is 0 Å². The van der Waals surface area contributed by atoms with Crippen molar-refractivity contribution in [2.24, 2.45) is 0 Å². The van der Waals surface area contributed by atoms with Gasteiger partial charge in [0.1, 0.15) is 0 Å². The van der Waals surface area contributed by atoms with E-state index in [0.717, 1.165) is 16.9 Å². The molecule has 18 heavy (non-hydrogen) atoms. The normalized spacial score (nSPS) is 10.4. The van der Waals surface area contributed by atoms with E-state index < -0.39 is 0 Å². The second-order valence-electron chi connectivity index (χ2n) is 4.16. The highest BCUT2D eigenvalue weighted by atomic mass is 35.5. The van der Waals surface area contributed by atoms with Crippen molar-refractivity contribution in [3.8, 4) is 0 Å². The number of rotatable bonds is 3. The zero-order valence-electron chi connectivity index (χ0n) is 10.0. The van der Waals surface area contributed by atoms with Crippen LogP contribution < -0.4 is 10.6 Å². The summed E-state index contributed by atoms with van der Waals surface area (Å²) >= 11 is 12.2. The van der Waals surface area contributed by atoms with Gasteiger partial charge in [-0.05, 0) is 35.9 Å². The number of halogens is 2. The fourth-order valence-electron chi connectivity index (χ4n) is 1.75. The minimum absolute atomic E-state index is 0.583. The van der Waals surface area contributed by atoms with Crippen LogP contribution in [0.1, 0.15) is 5.56 Å². The van der Waals surface area contributed by atoms with Gasteiger partial charge < -0.3 is 10.6 Å². The highest BCUT2D eigenvalue weighted by Crippen LogP contribution is 2.27. The molecule has 0 unspecified atom stereocenters. The maximum Gasteiger partial charge on any atom is 0.0642 e. The van der Waals surface area contributed by atoms with Gasteiger partial charge in [-0.3, -0.25) is 0 Å². The second kappa shape index (κ2) is 5.51. The number of nitrogens with two attached hydrogens (primary N) is 1. The standard InChI is InChI=1S/C14H14Cl2N2/c1-18(12-7-5-11(17)6-8-12)9-10-3-2-4-13(15)14(10)16/h2-8H,9,17H2,1H3. The van der Waals surface area contributed by atoms with Crippen molar-refractivity contribution in [1.82, 2.24) is 0 Å². The third-order valence-corrected chi connectivity index (χ3v) is 3.63. The Balaban J connectivity index is 2.18. The van der Waals surface area contributed by atoms with Crippen molar-refractivity contribution in [2.75, 3.05) is 17.7 Å². The van der Waals surface area contributed by atoms with Gasteiger partial charge in [0.25, 0.3) is 0 Å². The fourth-order valence-corrected chi connectivity index (χ4v) is 2.13. The van der Waals surface area contributed by atoms with Crippen LogP contribution in [0.3, 0.4) is 0 Å². The van der Waals surface area contributed by atoms with E-state index in [2.05, 4.69) is 4.90 Å². The molecule has 2 aromatic carbocycles. The Morgan fingerprint density at radius 2 is 1.72 bits per heavy atom. The Kier molecular flexibility index (Phi) is 4.00. The van der Waals surface area contributed by atoms with E-state index in [0.29, 0.717) is 16.6 Å². The largest absolute Gasteiger partial charge is 0.399 e. The lowest BCUT2D eigenvalue weighted by Gasteiger charge is -2.20. The summed E-state index contributed by atoms with van der Waals surface area (Å²) < 4.78 is 0. The number of hydrogen-bond acceptors (Lipinski definition) is 2. The first kappa shape index (κ1) is 13.1. The van der Waals surface area contributed by atoms with Gasteiger partial charge in [0, 0.05) is 25.0 Å². The summed E-state index contributed by atoms with van der Waals surface area (Å²) in [4.78, 5) is 2.09. The molecule has 2 N–H and O–H groups in total. The van der Waals surface area contributed by atoms with Crippen LogP contribution >= 0.6 is 23.2 Å². The Morgan fingerprint density at radius 1 is 1.06 bits per heavy atom. The van der Waals surface area contributed by atoms with E-state index in [1.54, 1.807) is 6.07 Å². The lowest BCUT2D eigenvalue weighted by molar-refractivity contribution is 0.923. The van der Waals surface area contributed by atoms with Crippen LogP contribution in [0.5, 0.6) is 0 Å². The summed E-state index contributed by atoms with van der Waals surface area (Å²) in [6.07, 6.45) is 0. The predicted molar refractivity (Wildman–Crippen MR) is 79.4 cm³/mol. The van der Waals surface area contributed by atoms with Crippen molar-refractivity contribution >= 4 is 34.6 Å². The van der Waals surface area contributed by atoms with Gasteiger partial charge >= 0.3 is 0 Å². The maximum atomic E-state index is 6.17. The molecular weight excluding hydrogens is 267 g/mol. The van der Waals surface area contributed by atoms with Crippen LogP contribution in [0.2, 0.25) is 10.0 Å². The van der Waals surface area contributed by atoms with Crippen LogP contribution in [0.25, 0.3) is 0 Å². The number of anilines is 2. The van der Waals surface area contributed by atoms with Crippen LogP contribution in [-0.4, -0.2) is 7.05 Å². The average Bonchev–Trinajstić information content (AvgIpc) is 2.36. The molecule has 0 heterocycles. The van der Waals surface area contributed by atoms with E-state index >= 15 is 0 Å². The molecule has 0 aliphatic rings. The van der Waals surface area contributed by atoms with Gasteiger partial charge in [0.2, 0.25) is 0 Å². The zero-order chi connectivity index (χ0) is 13.1. The summed E-state index contributed by atoms with van der Waals surface area (Å²) in [6, 6.07) is 13.4. The topological polar surface area (TPSA) is 29.3 Å². The number of nitrogens with zero attached hydrogens (tertiary/aromatic N) is 1. The van der Waals surface area contributed by atoms with Gasteiger partial charge in [0.05, 0.1) is 10.0 Å². The Bertz CT molecular complexity index is 538. The van der Waals surface area contributed by atoms with Crippen LogP contribution in [-0.2, 0) is 6.54 Å². The molecule has 4 heteroatoms. The lowest BCUT2D eigenvalue weighted by atomic mass is 10.2. The third kappa shape index (κ3) is 2.89. The Hall–Kier alpha value is -1.38. The maximum absolute atomic E-state index is 6.17. The number of hydrogen-bond donors (Lipinski definition) is 1. The molecule has 2 aromatic rings. The minimum atomic E-state index is 0.583. The highest BCUT2D eigenvalue weighted by Gasteiger charge is 2.07. The molecule has 0 spiro atoms. The molecule has 94 valence electrons. The van der Waals surface area contributed by atoms with Gasteiger partial charge in [0.15, 0.2) is 0 Å². The average molecular weight is 281 g/mol. The third-order valence-electron chi connectivity index (χ3n) is 2.77. The SMILES string of the molecule is CN(Cc1cccc(Cl)c1Cl)c1ccc(N)cc1. The summed E-state index contributed by atoms with van der Waals surface area (Å²) in [5.41, 5.74) is 8.51. The summed E-state index contributed by atoms with van der Waals surface area (Å²) in [6.45, 7) is 0.698. The fraction of sp³-hybridized carbons (Fsp3) is 0.143. The van der Waals surface area contributed by atoms with Crippen molar-refractivity contribution in [3.63, 3.8) is 0 Å². The van der Waals surface area contributed by atoms with Crippen molar-refractivity contribution in [1.29, 1.82) is 0 Å². The summed E-state index contributed by atoms with van der Waals surface area (Å²) in [5.74, 6) is 0. The first-order chi connectivity index (χ1) is 8.58. The van der Waals surface area contributed by atoms with Gasteiger partial charge in [-0.2, -0.15) is 0 Å². The first-order valence-electron chi connectivity index (χ1n) is 5.57. The van der Waals surface area contributed by atoms with Gasteiger partial charge in [-0.15, -0.1) is 0 Å². The molecule has 0 saturated carbocycles.